The number of nitrogens with one attached hydrogen (secondary N) is 1. The number of nitrogens with zero attached hydrogens (tertiary/aromatic N) is 1. The summed E-state index contributed by atoms with van der Waals surface area (Å²) in [6.45, 7) is 3.26. The Morgan fingerprint density at radius 1 is 1.17 bits per heavy atom. The number of hydrogen-bond acceptors (Lipinski definition) is 2. The van der Waals surface area contributed by atoms with Crippen LogP contribution in [0.2, 0.25) is 0 Å². The molecule has 3 nitrogen and oxygen atoms in total. The quantitative estimate of drug-likeness (QED) is 0.942. The number of fused-ring (bicyclic) bond motifs is 1. The predicted molar refractivity (Wildman–Crippen MR) is 85.0 cm³/mol. The molecule has 120 valence electrons. The maximum absolute atomic E-state index is 13.6. The molecule has 0 aromatic heterocycles. The van der Waals surface area contributed by atoms with Crippen molar-refractivity contribution < 1.29 is 13.6 Å². The van der Waals surface area contributed by atoms with Crippen molar-refractivity contribution in [2.75, 3.05) is 11.9 Å². The average molecular weight is 316 g/mol. The van der Waals surface area contributed by atoms with Crippen molar-refractivity contribution >= 4 is 11.6 Å². The molecule has 0 fully saturated rings. The highest BCUT2D eigenvalue weighted by Gasteiger charge is 2.25. The van der Waals surface area contributed by atoms with Gasteiger partial charge in [-0.1, -0.05) is 24.3 Å². The molecule has 1 N–H and O–H groups in total. The number of carbonyl (C=O) groups is 1. The summed E-state index contributed by atoms with van der Waals surface area (Å²) in [6.07, 6.45) is 0.888. The molecular weight excluding hydrogens is 298 g/mol. The minimum Gasteiger partial charge on any atom is -0.322 e. The Hall–Kier alpha value is -2.27. The highest BCUT2D eigenvalue weighted by molar-refractivity contribution is 5.94. The lowest BCUT2D eigenvalue weighted by molar-refractivity contribution is -0.121. The number of hydrogen-bond donors (Lipinski definition) is 1. The van der Waals surface area contributed by atoms with Crippen molar-refractivity contribution in [2.24, 2.45) is 0 Å². The van der Waals surface area contributed by atoms with E-state index in [0.717, 1.165) is 25.1 Å². The summed E-state index contributed by atoms with van der Waals surface area (Å²) in [7, 11) is 0. The lowest BCUT2D eigenvalue weighted by atomic mass is 9.99. The Balaban J connectivity index is 1.68. The topological polar surface area (TPSA) is 32.3 Å². The van der Waals surface area contributed by atoms with Gasteiger partial charge in [0.1, 0.15) is 11.6 Å². The van der Waals surface area contributed by atoms with E-state index in [2.05, 4.69) is 22.3 Å². The second-order valence-corrected chi connectivity index (χ2v) is 5.78. The Bertz CT molecular complexity index is 733. The van der Waals surface area contributed by atoms with Gasteiger partial charge in [-0.25, -0.2) is 8.78 Å². The zero-order chi connectivity index (χ0) is 16.4. The van der Waals surface area contributed by atoms with Gasteiger partial charge in [0.05, 0.1) is 11.7 Å². The van der Waals surface area contributed by atoms with Crippen LogP contribution in [0, 0.1) is 11.6 Å². The van der Waals surface area contributed by atoms with Crippen LogP contribution in [0.1, 0.15) is 18.1 Å². The Kier molecular flexibility index (Phi) is 4.39. The van der Waals surface area contributed by atoms with Gasteiger partial charge in [0, 0.05) is 19.2 Å². The van der Waals surface area contributed by atoms with Crippen molar-refractivity contribution in [1.82, 2.24) is 4.90 Å². The molecule has 1 atom stereocenters. The normalized spacial score (nSPS) is 15.8. The van der Waals surface area contributed by atoms with E-state index >= 15 is 0 Å². The molecule has 0 saturated heterocycles. The van der Waals surface area contributed by atoms with Crippen LogP contribution >= 0.6 is 0 Å². The van der Waals surface area contributed by atoms with Crippen molar-refractivity contribution in [1.29, 1.82) is 0 Å². The van der Waals surface area contributed by atoms with Gasteiger partial charge in [-0.3, -0.25) is 9.69 Å². The first-order valence-electron chi connectivity index (χ1n) is 7.61. The third-order valence-corrected chi connectivity index (χ3v) is 4.28. The predicted octanol–water partition coefficient (Wildman–Crippen LogP) is 3.35. The number of rotatable bonds is 3. The number of carbonyl (C=O) groups excluding carboxylic acids is 1. The van der Waals surface area contributed by atoms with Gasteiger partial charge in [0.15, 0.2) is 0 Å². The fourth-order valence-electron chi connectivity index (χ4n) is 2.84. The second-order valence-electron chi connectivity index (χ2n) is 5.78. The largest absolute Gasteiger partial charge is 0.322 e. The Labute approximate surface area is 133 Å². The smallest absolute Gasteiger partial charge is 0.241 e. The lowest BCUT2D eigenvalue weighted by Gasteiger charge is -2.32. The van der Waals surface area contributed by atoms with Gasteiger partial charge in [-0.05, 0) is 36.6 Å². The van der Waals surface area contributed by atoms with E-state index in [9.17, 15) is 13.6 Å². The minimum atomic E-state index is -0.769. The van der Waals surface area contributed by atoms with E-state index < -0.39 is 17.7 Å². The molecule has 1 amide bonds. The molecule has 1 aliphatic rings. The standard InChI is InChI=1S/C18H18F2N2O/c1-12(18(23)21-17-7-6-15(19)10-16(17)20)22-9-8-13-4-2-3-5-14(13)11-22/h2-7,10,12H,8-9,11H2,1H3,(H,21,23)/t12-/m0/s1. The third-order valence-electron chi connectivity index (χ3n) is 4.28. The van der Waals surface area contributed by atoms with Crippen LogP contribution in [0.25, 0.3) is 0 Å². The van der Waals surface area contributed by atoms with Gasteiger partial charge in [-0.15, -0.1) is 0 Å². The van der Waals surface area contributed by atoms with E-state index in [1.165, 1.54) is 17.2 Å². The highest BCUT2D eigenvalue weighted by atomic mass is 19.1. The van der Waals surface area contributed by atoms with Crippen LogP contribution < -0.4 is 5.32 Å². The van der Waals surface area contributed by atoms with Gasteiger partial charge in [0.2, 0.25) is 5.91 Å². The van der Waals surface area contributed by atoms with Crippen LogP contribution in [-0.4, -0.2) is 23.4 Å². The molecule has 3 rings (SSSR count). The van der Waals surface area contributed by atoms with Crippen LogP contribution in [-0.2, 0) is 17.8 Å². The van der Waals surface area contributed by atoms with Crippen molar-refractivity contribution in [3.05, 3.63) is 65.2 Å². The maximum atomic E-state index is 13.6. The van der Waals surface area contributed by atoms with Crippen molar-refractivity contribution in [3.63, 3.8) is 0 Å². The summed E-state index contributed by atoms with van der Waals surface area (Å²) in [5.41, 5.74) is 2.52. The minimum absolute atomic E-state index is 0.000611. The van der Waals surface area contributed by atoms with E-state index in [0.29, 0.717) is 6.54 Å². The Morgan fingerprint density at radius 2 is 1.91 bits per heavy atom. The first kappa shape index (κ1) is 15.6. The van der Waals surface area contributed by atoms with E-state index in [1.54, 1.807) is 6.92 Å². The molecule has 1 heterocycles. The zero-order valence-corrected chi connectivity index (χ0v) is 12.9. The fraction of sp³-hybridized carbons (Fsp3) is 0.278. The summed E-state index contributed by atoms with van der Waals surface area (Å²) in [5.74, 6) is -1.73. The molecule has 0 saturated carbocycles. The van der Waals surface area contributed by atoms with Crippen molar-refractivity contribution in [2.45, 2.75) is 25.9 Å². The monoisotopic (exact) mass is 316 g/mol. The fourth-order valence-corrected chi connectivity index (χ4v) is 2.84. The highest BCUT2D eigenvalue weighted by Crippen LogP contribution is 2.21. The number of halogens is 2. The molecule has 2 aromatic rings. The molecule has 2 aromatic carbocycles. The van der Waals surface area contributed by atoms with Gasteiger partial charge < -0.3 is 5.32 Å². The molecule has 0 radical (unpaired) electrons. The van der Waals surface area contributed by atoms with E-state index in [-0.39, 0.29) is 11.6 Å². The molecular formula is C18H18F2N2O. The molecule has 23 heavy (non-hydrogen) atoms. The Morgan fingerprint density at radius 3 is 2.65 bits per heavy atom. The molecule has 0 unspecified atom stereocenters. The summed E-state index contributed by atoms with van der Waals surface area (Å²) >= 11 is 0. The van der Waals surface area contributed by atoms with Crippen LogP contribution in [0.5, 0.6) is 0 Å². The lowest BCUT2D eigenvalue weighted by Crippen LogP contribution is -2.44. The van der Waals surface area contributed by atoms with E-state index in [1.807, 2.05) is 12.1 Å². The van der Waals surface area contributed by atoms with Crippen molar-refractivity contribution in [3.8, 4) is 0 Å². The maximum Gasteiger partial charge on any atom is 0.241 e. The summed E-state index contributed by atoms with van der Waals surface area (Å²) < 4.78 is 26.6. The van der Waals surface area contributed by atoms with Crippen LogP contribution in [0.3, 0.4) is 0 Å². The first-order chi connectivity index (χ1) is 11.0. The summed E-state index contributed by atoms with van der Waals surface area (Å²) in [4.78, 5) is 14.4. The second kappa shape index (κ2) is 6.46. The molecule has 0 bridgehead atoms. The van der Waals surface area contributed by atoms with Gasteiger partial charge >= 0.3 is 0 Å². The first-order valence-corrected chi connectivity index (χ1v) is 7.61. The average Bonchev–Trinajstić information content (AvgIpc) is 2.56. The molecule has 0 aliphatic carbocycles. The number of amides is 1. The summed E-state index contributed by atoms with van der Waals surface area (Å²) in [5, 5.41) is 2.54. The van der Waals surface area contributed by atoms with E-state index in [4.69, 9.17) is 0 Å². The van der Waals surface area contributed by atoms with Gasteiger partial charge in [-0.2, -0.15) is 0 Å². The molecule has 1 aliphatic heterocycles. The number of benzene rings is 2. The molecule has 5 heteroatoms. The van der Waals surface area contributed by atoms with Gasteiger partial charge in [0.25, 0.3) is 0 Å². The number of anilines is 1. The third kappa shape index (κ3) is 3.40. The van der Waals surface area contributed by atoms with Crippen LogP contribution in [0.15, 0.2) is 42.5 Å². The zero-order valence-electron chi connectivity index (χ0n) is 12.9. The summed E-state index contributed by atoms with van der Waals surface area (Å²) in [6, 6.07) is 10.9. The molecule has 0 spiro atoms. The van der Waals surface area contributed by atoms with Crippen LogP contribution in [0.4, 0.5) is 14.5 Å². The SMILES string of the molecule is C[C@@H](C(=O)Nc1ccc(F)cc1F)N1CCc2ccccc2C1.